The van der Waals surface area contributed by atoms with Gasteiger partial charge in [-0.25, -0.2) is 0 Å². The van der Waals surface area contributed by atoms with E-state index in [0.717, 1.165) is 6.54 Å². The van der Waals surface area contributed by atoms with Crippen LogP contribution in [0.5, 0.6) is 0 Å². The van der Waals surface area contributed by atoms with Gasteiger partial charge in [0, 0.05) is 17.9 Å². The Morgan fingerprint density at radius 1 is 1.35 bits per heavy atom. The molecule has 0 spiro atoms. The summed E-state index contributed by atoms with van der Waals surface area (Å²) in [5, 5.41) is 3.57. The summed E-state index contributed by atoms with van der Waals surface area (Å²) in [6.07, 6.45) is 3.86. The molecule has 1 aromatic heterocycles. The maximum atomic E-state index is 4.30. The van der Waals surface area contributed by atoms with E-state index in [1.165, 1.54) is 11.1 Å². The molecule has 0 amide bonds. The Morgan fingerprint density at radius 3 is 2.47 bits per heavy atom. The summed E-state index contributed by atoms with van der Waals surface area (Å²) < 4.78 is 0. The maximum Gasteiger partial charge on any atom is 0.0516 e. The van der Waals surface area contributed by atoms with Gasteiger partial charge in [-0.3, -0.25) is 4.98 Å². The first-order chi connectivity index (χ1) is 7.89. The van der Waals surface area contributed by atoms with Crippen molar-refractivity contribution in [2.75, 3.05) is 20.6 Å². The zero-order chi connectivity index (χ0) is 13.1. The van der Waals surface area contributed by atoms with Crippen LogP contribution >= 0.6 is 0 Å². The second-order valence-corrected chi connectivity index (χ2v) is 5.33. The van der Waals surface area contributed by atoms with Gasteiger partial charge < -0.3 is 10.2 Å². The largest absolute Gasteiger partial charge is 0.309 e. The van der Waals surface area contributed by atoms with Gasteiger partial charge in [-0.2, -0.15) is 0 Å². The van der Waals surface area contributed by atoms with E-state index < -0.39 is 0 Å². The Morgan fingerprint density at radius 2 is 2.00 bits per heavy atom. The number of aromatic nitrogens is 1. The number of rotatable bonds is 5. The number of hydrogen-bond donors (Lipinski definition) is 1. The number of hydrogen-bond acceptors (Lipinski definition) is 3. The lowest BCUT2D eigenvalue weighted by Crippen LogP contribution is -2.49. The van der Waals surface area contributed by atoms with Crippen molar-refractivity contribution in [2.45, 2.75) is 39.3 Å². The molecule has 0 aliphatic carbocycles. The molecule has 1 N–H and O–H groups in total. The van der Waals surface area contributed by atoms with Crippen molar-refractivity contribution in [2.24, 2.45) is 0 Å². The molecule has 0 aliphatic heterocycles. The van der Waals surface area contributed by atoms with Crippen molar-refractivity contribution in [3.8, 4) is 0 Å². The minimum atomic E-state index is 0.0471. The molecule has 1 aromatic rings. The smallest absolute Gasteiger partial charge is 0.0516 e. The van der Waals surface area contributed by atoms with Crippen LogP contribution in [0.4, 0.5) is 0 Å². The topological polar surface area (TPSA) is 28.2 Å². The lowest BCUT2D eigenvalue weighted by atomic mass is 9.88. The van der Waals surface area contributed by atoms with Crippen LogP contribution in [-0.2, 0) is 0 Å². The molecule has 0 aliphatic rings. The molecule has 0 fully saturated rings. The van der Waals surface area contributed by atoms with Gasteiger partial charge in [0.05, 0.1) is 6.04 Å². The predicted molar refractivity (Wildman–Crippen MR) is 73.2 cm³/mol. The number of aryl methyl sites for hydroxylation is 1. The first-order valence-corrected chi connectivity index (χ1v) is 6.22. The fraction of sp³-hybridized carbons (Fsp3) is 0.643. The highest BCUT2D eigenvalue weighted by Gasteiger charge is 2.32. The van der Waals surface area contributed by atoms with Crippen LogP contribution in [0.1, 0.15) is 37.9 Å². The molecule has 0 aromatic carbocycles. The normalized spacial score (nSPS) is 14.1. The quantitative estimate of drug-likeness (QED) is 0.849. The zero-order valence-corrected chi connectivity index (χ0v) is 11.9. The van der Waals surface area contributed by atoms with Crippen LogP contribution in [0.25, 0.3) is 0 Å². The predicted octanol–water partition coefficient (Wildman–Crippen LogP) is 2.38. The van der Waals surface area contributed by atoms with Gasteiger partial charge in [0.1, 0.15) is 0 Å². The Hall–Kier alpha value is -0.930. The summed E-state index contributed by atoms with van der Waals surface area (Å²) in [5.41, 5.74) is 2.51. The number of likely N-dealkylation sites (N-methyl/N-ethyl adjacent to an activating group) is 2. The monoisotopic (exact) mass is 235 g/mol. The minimum Gasteiger partial charge on any atom is -0.309 e. The number of pyridine rings is 1. The van der Waals surface area contributed by atoms with Crippen LogP contribution in [0.3, 0.4) is 0 Å². The average Bonchev–Trinajstić information content (AvgIpc) is 2.25. The minimum absolute atomic E-state index is 0.0471. The summed E-state index contributed by atoms with van der Waals surface area (Å²) in [7, 11) is 4.24. The van der Waals surface area contributed by atoms with Gasteiger partial charge in [-0.05, 0) is 52.5 Å². The van der Waals surface area contributed by atoms with Crippen molar-refractivity contribution in [3.05, 3.63) is 29.6 Å². The molecule has 1 atom stereocenters. The van der Waals surface area contributed by atoms with Crippen molar-refractivity contribution in [1.82, 2.24) is 15.2 Å². The fourth-order valence-electron chi connectivity index (χ4n) is 1.97. The Bertz CT molecular complexity index is 358. The van der Waals surface area contributed by atoms with E-state index in [1.54, 1.807) is 0 Å². The highest BCUT2D eigenvalue weighted by molar-refractivity contribution is 5.23. The first-order valence-electron chi connectivity index (χ1n) is 6.22. The molecule has 1 unspecified atom stereocenters. The summed E-state index contributed by atoms with van der Waals surface area (Å²) in [6, 6.07) is 2.50. The third-order valence-electron chi connectivity index (χ3n) is 3.50. The van der Waals surface area contributed by atoms with Crippen LogP contribution < -0.4 is 5.32 Å². The maximum absolute atomic E-state index is 4.30. The van der Waals surface area contributed by atoms with Crippen LogP contribution in [0.15, 0.2) is 18.5 Å². The number of nitrogens with zero attached hydrogens (tertiary/aromatic N) is 2. The SMILES string of the molecule is CCNC(c1cncc(C)c1)C(C)(C)N(C)C. The highest BCUT2D eigenvalue weighted by atomic mass is 15.2. The van der Waals surface area contributed by atoms with E-state index in [4.69, 9.17) is 0 Å². The molecule has 3 nitrogen and oxygen atoms in total. The molecular formula is C14H25N3. The molecular weight excluding hydrogens is 210 g/mol. The van der Waals surface area contributed by atoms with E-state index in [9.17, 15) is 0 Å². The van der Waals surface area contributed by atoms with E-state index in [1.807, 2.05) is 12.4 Å². The van der Waals surface area contributed by atoms with Gasteiger partial charge in [-0.1, -0.05) is 13.0 Å². The Kier molecular flexibility index (Phi) is 4.66. The lowest BCUT2D eigenvalue weighted by molar-refractivity contribution is 0.139. The number of nitrogens with one attached hydrogen (secondary N) is 1. The second-order valence-electron chi connectivity index (χ2n) is 5.33. The molecule has 3 heteroatoms. The molecule has 0 bridgehead atoms. The van der Waals surface area contributed by atoms with Gasteiger partial charge in [0.15, 0.2) is 0 Å². The lowest BCUT2D eigenvalue weighted by Gasteiger charge is -2.40. The van der Waals surface area contributed by atoms with E-state index in [-0.39, 0.29) is 11.6 Å². The molecule has 0 saturated carbocycles. The summed E-state index contributed by atoms with van der Waals surface area (Å²) >= 11 is 0. The van der Waals surface area contributed by atoms with Gasteiger partial charge in [0.2, 0.25) is 0 Å². The van der Waals surface area contributed by atoms with Crippen molar-refractivity contribution >= 4 is 0 Å². The molecule has 0 radical (unpaired) electrons. The molecule has 17 heavy (non-hydrogen) atoms. The molecule has 1 rings (SSSR count). The van der Waals surface area contributed by atoms with Crippen molar-refractivity contribution < 1.29 is 0 Å². The Labute approximate surface area is 105 Å². The summed E-state index contributed by atoms with van der Waals surface area (Å²) in [6.45, 7) is 9.69. The average molecular weight is 235 g/mol. The molecule has 0 saturated heterocycles. The molecule has 1 heterocycles. The van der Waals surface area contributed by atoms with E-state index in [0.29, 0.717) is 0 Å². The van der Waals surface area contributed by atoms with Crippen LogP contribution in [-0.4, -0.2) is 36.1 Å². The van der Waals surface area contributed by atoms with E-state index >= 15 is 0 Å². The third-order valence-corrected chi connectivity index (χ3v) is 3.50. The van der Waals surface area contributed by atoms with Gasteiger partial charge in [-0.15, -0.1) is 0 Å². The van der Waals surface area contributed by atoms with Crippen molar-refractivity contribution in [3.63, 3.8) is 0 Å². The van der Waals surface area contributed by atoms with Gasteiger partial charge in [0.25, 0.3) is 0 Å². The third kappa shape index (κ3) is 3.27. The molecule has 96 valence electrons. The fourth-order valence-corrected chi connectivity index (χ4v) is 1.97. The first kappa shape index (κ1) is 14.1. The van der Waals surface area contributed by atoms with Crippen LogP contribution in [0.2, 0.25) is 0 Å². The Balaban J connectivity index is 3.09. The van der Waals surface area contributed by atoms with Gasteiger partial charge >= 0.3 is 0 Å². The highest BCUT2D eigenvalue weighted by Crippen LogP contribution is 2.29. The van der Waals surface area contributed by atoms with Crippen molar-refractivity contribution in [1.29, 1.82) is 0 Å². The standard InChI is InChI=1S/C14H25N3/c1-7-16-13(14(3,4)17(5)6)12-8-11(2)9-15-10-12/h8-10,13,16H,7H2,1-6H3. The second kappa shape index (κ2) is 5.61. The van der Waals surface area contributed by atoms with E-state index in [2.05, 4.69) is 63.1 Å². The zero-order valence-electron chi connectivity index (χ0n) is 11.9. The van der Waals surface area contributed by atoms with Crippen LogP contribution in [0, 0.1) is 6.92 Å². The summed E-state index contributed by atoms with van der Waals surface area (Å²) in [5.74, 6) is 0. The summed E-state index contributed by atoms with van der Waals surface area (Å²) in [4.78, 5) is 6.55.